The van der Waals surface area contributed by atoms with Gasteiger partial charge < -0.3 is 9.80 Å². The fraction of sp³-hybridized carbons (Fsp3) is 0.923. The average molecular weight is 225 g/mol. The van der Waals surface area contributed by atoms with Gasteiger partial charge in [-0.15, -0.1) is 0 Å². The molecule has 0 fully saturated rings. The summed E-state index contributed by atoms with van der Waals surface area (Å²) in [5, 5.41) is 0. The van der Waals surface area contributed by atoms with Gasteiger partial charge in [0, 0.05) is 25.6 Å². The number of hydrogen-bond donors (Lipinski definition) is 0. The molecule has 1 atom stereocenters. The highest BCUT2D eigenvalue weighted by molar-refractivity contribution is 5.55. The van der Waals surface area contributed by atoms with E-state index in [0.717, 1.165) is 13.1 Å². The molecule has 1 rings (SSSR count). The molecule has 0 aromatic rings. The molecule has 3 nitrogen and oxygen atoms in total. The number of unbranched alkanes of at least 4 members (excludes halogenated alkanes) is 1. The number of aliphatic imine (C=N–C) groups is 1. The quantitative estimate of drug-likeness (QED) is 0.689. The van der Waals surface area contributed by atoms with Crippen LogP contribution < -0.4 is 0 Å². The largest absolute Gasteiger partial charge is 0.365 e. The summed E-state index contributed by atoms with van der Waals surface area (Å²) in [5.41, 5.74) is 0.365. The Morgan fingerprint density at radius 1 is 1.44 bits per heavy atom. The zero-order valence-electron chi connectivity index (χ0n) is 11.4. The van der Waals surface area contributed by atoms with E-state index in [1.54, 1.807) is 0 Å². The molecule has 0 saturated carbocycles. The minimum Gasteiger partial charge on any atom is -0.365 e. The van der Waals surface area contributed by atoms with Gasteiger partial charge in [0.25, 0.3) is 0 Å². The van der Waals surface area contributed by atoms with Gasteiger partial charge >= 0.3 is 0 Å². The van der Waals surface area contributed by atoms with Crippen molar-refractivity contribution in [1.82, 2.24) is 9.80 Å². The van der Waals surface area contributed by atoms with Gasteiger partial charge in [0.1, 0.15) is 0 Å². The van der Waals surface area contributed by atoms with Crippen molar-refractivity contribution in [3.63, 3.8) is 0 Å². The maximum Gasteiger partial charge on any atom is 0.0847 e. The van der Waals surface area contributed by atoms with E-state index < -0.39 is 0 Å². The molecule has 0 aliphatic carbocycles. The smallest absolute Gasteiger partial charge is 0.0847 e. The van der Waals surface area contributed by atoms with Crippen LogP contribution in [-0.2, 0) is 0 Å². The van der Waals surface area contributed by atoms with E-state index >= 15 is 0 Å². The van der Waals surface area contributed by atoms with Crippen LogP contribution in [0.3, 0.4) is 0 Å². The Morgan fingerprint density at radius 3 is 2.81 bits per heavy atom. The molecule has 0 aromatic heterocycles. The summed E-state index contributed by atoms with van der Waals surface area (Å²) >= 11 is 0. The molecule has 94 valence electrons. The lowest BCUT2D eigenvalue weighted by Gasteiger charge is -2.36. The predicted octanol–water partition coefficient (Wildman–Crippen LogP) is 2.09. The van der Waals surface area contributed by atoms with Crippen molar-refractivity contribution in [3.8, 4) is 0 Å². The zero-order chi connectivity index (χ0) is 12.0. The summed E-state index contributed by atoms with van der Waals surface area (Å²) in [7, 11) is 4.34. The van der Waals surface area contributed by atoms with Crippen molar-refractivity contribution in [1.29, 1.82) is 0 Å². The van der Waals surface area contributed by atoms with Gasteiger partial charge in [-0.25, -0.2) is 0 Å². The predicted molar refractivity (Wildman–Crippen MR) is 71.1 cm³/mol. The van der Waals surface area contributed by atoms with Gasteiger partial charge in [0.05, 0.1) is 6.34 Å². The van der Waals surface area contributed by atoms with Crippen LogP contribution in [0.25, 0.3) is 0 Å². The minimum atomic E-state index is 0.365. The second-order valence-corrected chi connectivity index (χ2v) is 5.59. The van der Waals surface area contributed by atoms with Crippen molar-refractivity contribution in [3.05, 3.63) is 0 Å². The summed E-state index contributed by atoms with van der Waals surface area (Å²) in [5.74, 6) is 0. The molecule has 0 amide bonds. The van der Waals surface area contributed by atoms with Crippen LogP contribution in [0.5, 0.6) is 0 Å². The van der Waals surface area contributed by atoms with Crippen LogP contribution in [-0.4, -0.2) is 56.4 Å². The van der Waals surface area contributed by atoms with Crippen molar-refractivity contribution in [2.24, 2.45) is 10.4 Å². The summed E-state index contributed by atoms with van der Waals surface area (Å²) in [6.45, 7) is 9.15. The van der Waals surface area contributed by atoms with Gasteiger partial charge in [-0.2, -0.15) is 0 Å². The van der Waals surface area contributed by atoms with E-state index in [1.807, 2.05) is 6.34 Å². The Hall–Kier alpha value is -0.570. The molecular weight excluding hydrogens is 198 g/mol. The SMILES string of the molecule is CCCCN(C)CC[C@@]1(C)CN=CN(C)C1. The van der Waals surface area contributed by atoms with E-state index in [-0.39, 0.29) is 0 Å². The minimum absolute atomic E-state index is 0.365. The summed E-state index contributed by atoms with van der Waals surface area (Å²) in [6, 6.07) is 0. The molecule has 1 aliphatic heterocycles. The first kappa shape index (κ1) is 13.5. The Balaban J connectivity index is 2.28. The first-order valence-corrected chi connectivity index (χ1v) is 6.44. The molecule has 0 spiro atoms. The lowest BCUT2D eigenvalue weighted by molar-refractivity contribution is 0.193. The highest BCUT2D eigenvalue weighted by Gasteiger charge is 2.27. The Labute approximate surface area is 101 Å². The fourth-order valence-corrected chi connectivity index (χ4v) is 2.25. The van der Waals surface area contributed by atoms with E-state index in [9.17, 15) is 0 Å². The molecule has 1 heterocycles. The summed E-state index contributed by atoms with van der Waals surface area (Å²) in [4.78, 5) is 9.09. The molecule has 0 radical (unpaired) electrons. The van der Waals surface area contributed by atoms with Crippen LogP contribution in [0.2, 0.25) is 0 Å². The maximum atomic E-state index is 4.43. The Bertz CT molecular complexity index is 227. The molecule has 0 N–H and O–H groups in total. The molecule has 0 aromatic carbocycles. The molecule has 0 saturated heterocycles. The first-order valence-electron chi connectivity index (χ1n) is 6.44. The third-order valence-electron chi connectivity index (χ3n) is 3.37. The second kappa shape index (κ2) is 6.24. The van der Waals surface area contributed by atoms with Crippen molar-refractivity contribution in [2.45, 2.75) is 33.1 Å². The van der Waals surface area contributed by atoms with Crippen LogP contribution in [0.1, 0.15) is 33.1 Å². The molecule has 0 bridgehead atoms. The standard InChI is InChI=1S/C13H27N3/c1-5-6-8-15(3)9-7-13(2)10-14-12-16(4)11-13/h12H,5-11H2,1-4H3/t13-/m0/s1. The average Bonchev–Trinajstić information content (AvgIpc) is 2.23. The maximum absolute atomic E-state index is 4.43. The molecule has 0 unspecified atom stereocenters. The topological polar surface area (TPSA) is 18.8 Å². The van der Waals surface area contributed by atoms with Crippen LogP contribution >= 0.6 is 0 Å². The lowest BCUT2D eigenvalue weighted by Crippen LogP contribution is -2.41. The highest BCUT2D eigenvalue weighted by atomic mass is 15.2. The van der Waals surface area contributed by atoms with E-state index in [4.69, 9.17) is 0 Å². The van der Waals surface area contributed by atoms with Gasteiger partial charge in [-0.3, -0.25) is 4.99 Å². The van der Waals surface area contributed by atoms with Crippen LogP contribution in [0.4, 0.5) is 0 Å². The third kappa shape index (κ3) is 4.52. The second-order valence-electron chi connectivity index (χ2n) is 5.59. The number of rotatable bonds is 6. The number of nitrogens with zero attached hydrogens (tertiary/aromatic N) is 3. The summed E-state index contributed by atoms with van der Waals surface area (Å²) in [6.07, 6.45) is 5.80. The molecule has 1 aliphatic rings. The van der Waals surface area contributed by atoms with Gasteiger partial charge in [-0.05, 0) is 33.0 Å². The Kier molecular flexibility index (Phi) is 5.26. The van der Waals surface area contributed by atoms with E-state index in [0.29, 0.717) is 5.41 Å². The number of hydrogen-bond acceptors (Lipinski definition) is 3. The zero-order valence-corrected chi connectivity index (χ0v) is 11.4. The third-order valence-corrected chi connectivity index (χ3v) is 3.37. The molecular formula is C13H27N3. The van der Waals surface area contributed by atoms with Crippen molar-refractivity contribution in [2.75, 3.05) is 40.3 Å². The van der Waals surface area contributed by atoms with E-state index in [1.165, 1.54) is 32.4 Å². The van der Waals surface area contributed by atoms with Crippen LogP contribution in [0, 0.1) is 5.41 Å². The monoisotopic (exact) mass is 225 g/mol. The first-order chi connectivity index (χ1) is 7.56. The van der Waals surface area contributed by atoms with Crippen LogP contribution in [0.15, 0.2) is 4.99 Å². The van der Waals surface area contributed by atoms with Gasteiger partial charge in [0.15, 0.2) is 0 Å². The molecule has 16 heavy (non-hydrogen) atoms. The highest BCUT2D eigenvalue weighted by Crippen LogP contribution is 2.25. The van der Waals surface area contributed by atoms with Gasteiger partial charge in [-0.1, -0.05) is 20.3 Å². The van der Waals surface area contributed by atoms with Gasteiger partial charge in [0.2, 0.25) is 0 Å². The Morgan fingerprint density at radius 2 is 2.19 bits per heavy atom. The normalized spacial score (nSPS) is 25.4. The molecule has 3 heteroatoms. The van der Waals surface area contributed by atoms with Crippen molar-refractivity contribution < 1.29 is 0 Å². The lowest BCUT2D eigenvalue weighted by atomic mass is 9.85. The summed E-state index contributed by atoms with van der Waals surface area (Å²) < 4.78 is 0. The van der Waals surface area contributed by atoms with E-state index in [2.05, 4.69) is 42.7 Å². The van der Waals surface area contributed by atoms with Crippen molar-refractivity contribution >= 4 is 6.34 Å². The fourth-order valence-electron chi connectivity index (χ4n) is 2.25.